The molecule has 2 amide bonds. The minimum atomic E-state index is -0.300. The van der Waals surface area contributed by atoms with Gasteiger partial charge < -0.3 is 10.2 Å². The fourth-order valence-corrected chi connectivity index (χ4v) is 3.35. The number of nitrogens with one attached hydrogen (secondary N) is 1. The first-order valence-corrected chi connectivity index (χ1v) is 9.88. The van der Waals surface area contributed by atoms with Crippen LogP contribution in [0.15, 0.2) is 72.8 Å². The summed E-state index contributed by atoms with van der Waals surface area (Å²) >= 11 is 0. The van der Waals surface area contributed by atoms with Crippen molar-refractivity contribution in [1.29, 1.82) is 5.26 Å². The minimum absolute atomic E-state index is 0.0700. The van der Waals surface area contributed by atoms with Crippen molar-refractivity contribution in [2.45, 2.75) is 13.8 Å². The number of rotatable bonds is 6. The van der Waals surface area contributed by atoms with Crippen molar-refractivity contribution >= 4 is 17.5 Å². The zero-order chi connectivity index (χ0) is 21.5. The van der Waals surface area contributed by atoms with Crippen LogP contribution >= 0.6 is 0 Å². The van der Waals surface area contributed by atoms with Crippen LogP contribution in [0.25, 0.3) is 11.1 Å². The normalized spacial score (nSPS) is 10.2. The van der Waals surface area contributed by atoms with Crippen LogP contribution in [0.4, 0.5) is 5.69 Å². The lowest BCUT2D eigenvalue weighted by atomic mass is 9.95. The Morgan fingerprint density at radius 2 is 1.57 bits per heavy atom. The first-order valence-electron chi connectivity index (χ1n) is 9.88. The SMILES string of the molecule is CCN(CC)C(=O)c1cccc(NC(=O)c2ccccc2-c2ccccc2C#N)c1. The zero-order valence-corrected chi connectivity index (χ0v) is 17.1. The van der Waals surface area contributed by atoms with E-state index in [0.717, 1.165) is 0 Å². The van der Waals surface area contributed by atoms with Crippen molar-refractivity contribution in [3.8, 4) is 17.2 Å². The lowest BCUT2D eigenvalue weighted by Gasteiger charge is -2.19. The molecule has 150 valence electrons. The van der Waals surface area contributed by atoms with Crippen LogP contribution in [0.5, 0.6) is 0 Å². The van der Waals surface area contributed by atoms with E-state index >= 15 is 0 Å². The van der Waals surface area contributed by atoms with Gasteiger partial charge in [0, 0.05) is 35.5 Å². The second kappa shape index (κ2) is 9.53. The third-order valence-corrected chi connectivity index (χ3v) is 4.93. The van der Waals surface area contributed by atoms with Gasteiger partial charge in [0.15, 0.2) is 0 Å². The Hall–Kier alpha value is -3.91. The van der Waals surface area contributed by atoms with Gasteiger partial charge in [-0.05, 0) is 49.7 Å². The summed E-state index contributed by atoms with van der Waals surface area (Å²) in [7, 11) is 0. The molecule has 3 aromatic carbocycles. The van der Waals surface area contributed by atoms with E-state index in [1.807, 2.05) is 38.1 Å². The summed E-state index contributed by atoms with van der Waals surface area (Å²) in [5.41, 5.74) is 3.42. The van der Waals surface area contributed by atoms with Crippen LogP contribution in [-0.2, 0) is 0 Å². The lowest BCUT2D eigenvalue weighted by Crippen LogP contribution is -2.30. The summed E-state index contributed by atoms with van der Waals surface area (Å²) in [5.74, 6) is -0.370. The smallest absolute Gasteiger partial charge is 0.256 e. The Bertz CT molecular complexity index is 1110. The van der Waals surface area contributed by atoms with Gasteiger partial charge in [0.05, 0.1) is 11.6 Å². The number of nitrogens with zero attached hydrogens (tertiary/aromatic N) is 2. The molecule has 0 fully saturated rings. The van der Waals surface area contributed by atoms with Gasteiger partial charge in [0.2, 0.25) is 0 Å². The van der Waals surface area contributed by atoms with E-state index in [0.29, 0.717) is 46.6 Å². The Kier molecular flexibility index (Phi) is 6.61. The third-order valence-electron chi connectivity index (χ3n) is 4.93. The number of hydrogen-bond donors (Lipinski definition) is 1. The molecule has 0 radical (unpaired) electrons. The summed E-state index contributed by atoms with van der Waals surface area (Å²) in [6.07, 6.45) is 0. The highest BCUT2D eigenvalue weighted by molar-refractivity contribution is 6.09. The molecule has 0 unspecified atom stereocenters. The average Bonchev–Trinajstić information content (AvgIpc) is 2.80. The van der Waals surface area contributed by atoms with Crippen molar-refractivity contribution in [3.63, 3.8) is 0 Å². The highest BCUT2D eigenvalue weighted by Gasteiger charge is 2.16. The number of carbonyl (C=O) groups is 2. The van der Waals surface area contributed by atoms with Gasteiger partial charge in [-0.2, -0.15) is 5.26 Å². The quantitative estimate of drug-likeness (QED) is 0.639. The van der Waals surface area contributed by atoms with E-state index < -0.39 is 0 Å². The molecule has 0 saturated carbocycles. The minimum Gasteiger partial charge on any atom is -0.339 e. The molecule has 30 heavy (non-hydrogen) atoms. The maximum atomic E-state index is 13.0. The molecule has 5 heteroatoms. The van der Waals surface area contributed by atoms with Gasteiger partial charge in [-0.1, -0.05) is 42.5 Å². The first kappa shape index (κ1) is 20.8. The summed E-state index contributed by atoms with van der Waals surface area (Å²) in [6.45, 7) is 5.11. The van der Waals surface area contributed by atoms with Crippen LogP contribution in [0.1, 0.15) is 40.1 Å². The van der Waals surface area contributed by atoms with Gasteiger partial charge in [0.1, 0.15) is 0 Å². The van der Waals surface area contributed by atoms with Crippen LogP contribution in [0.2, 0.25) is 0 Å². The fraction of sp³-hybridized carbons (Fsp3) is 0.160. The molecule has 0 atom stereocenters. The van der Waals surface area contributed by atoms with Crippen LogP contribution in [0.3, 0.4) is 0 Å². The van der Waals surface area contributed by atoms with Gasteiger partial charge >= 0.3 is 0 Å². The van der Waals surface area contributed by atoms with Crippen LogP contribution < -0.4 is 5.32 Å². The summed E-state index contributed by atoms with van der Waals surface area (Å²) < 4.78 is 0. The van der Waals surface area contributed by atoms with Gasteiger partial charge in [-0.3, -0.25) is 9.59 Å². The van der Waals surface area contributed by atoms with E-state index in [-0.39, 0.29) is 11.8 Å². The second-order valence-corrected chi connectivity index (χ2v) is 6.72. The van der Waals surface area contributed by atoms with E-state index in [9.17, 15) is 14.9 Å². The molecule has 0 aromatic heterocycles. The molecule has 0 heterocycles. The number of anilines is 1. The molecule has 3 rings (SSSR count). The number of nitriles is 1. The Labute approximate surface area is 176 Å². The molecule has 0 saturated heterocycles. The summed E-state index contributed by atoms with van der Waals surface area (Å²) in [5, 5.41) is 12.3. The molecule has 5 nitrogen and oxygen atoms in total. The molecule has 1 N–H and O–H groups in total. The molecule has 3 aromatic rings. The van der Waals surface area contributed by atoms with Gasteiger partial charge in [-0.15, -0.1) is 0 Å². The standard InChI is InChI=1S/C25H23N3O2/c1-3-28(4-2)25(30)18-11-9-12-20(16-18)27-24(29)23-15-8-7-14-22(23)21-13-6-5-10-19(21)17-26/h5-16H,3-4H2,1-2H3,(H,27,29). The first-order chi connectivity index (χ1) is 14.6. The predicted octanol–water partition coefficient (Wildman–Crippen LogP) is 4.96. The topological polar surface area (TPSA) is 73.2 Å². The molecule has 0 aliphatic carbocycles. The van der Waals surface area contributed by atoms with E-state index in [1.165, 1.54) is 0 Å². The third kappa shape index (κ3) is 4.39. The molecule has 0 spiro atoms. The van der Waals surface area contributed by atoms with Crippen molar-refractivity contribution in [3.05, 3.63) is 89.5 Å². The fourth-order valence-electron chi connectivity index (χ4n) is 3.35. The van der Waals surface area contributed by atoms with Crippen LogP contribution in [0, 0.1) is 11.3 Å². The van der Waals surface area contributed by atoms with Crippen molar-refractivity contribution < 1.29 is 9.59 Å². The largest absolute Gasteiger partial charge is 0.339 e. The zero-order valence-electron chi connectivity index (χ0n) is 17.1. The Morgan fingerprint density at radius 1 is 0.900 bits per heavy atom. The van der Waals surface area contributed by atoms with E-state index in [4.69, 9.17) is 0 Å². The molecular formula is C25H23N3O2. The maximum absolute atomic E-state index is 13.0. The second-order valence-electron chi connectivity index (χ2n) is 6.72. The molecular weight excluding hydrogens is 374 g/mol. The van der Waals surface area contributed by atoms with Crippen molar-refractivity contribution in [1.82, 2.24) is 4.90 Å². The highest BCUT2D eigenvalue weighted by atomic mass is 16.2. The molecule has 0 aliphatic heterocycles. The molecule has 0 aliphatic rings. The average molecular weight is 397 g/mol. The number of benzene rings is 3. The monoisotopic (exact) mass is 397 g/mol. The highest BCUT2D eigenvalue weighted by Crippen LogP contribution is 2.27. The van der Waals surface area contributed by atoms with E-state index in [2.05, 4.69) is 11.4 Å². The van der Waals surface area contributed by atoms with Crippen LogP contribution in [-0.4, -0.2) is 29.8 Å². The van der Waals surface area contributed by atoms with Gasteiger partial charge in [0.25, 0.3) is 11.8 Å². The number of hydrogen-bond acceptors (Lipinski definition) is 3. The maximum Gasteiger partial charge on any atom is 0.256 e. The lowest BCUT2D eigenvalue weighted by molar-refractivity contribution is 0.0772. The number of carbonyl (C=O) groups excluding carboxylic acids is 2. The summed E-state index contributed by atoms with van der Waals surface area (Å²) in [6, 6.07) is 23.5. The Morgan fingerprint density at radius 3 is 2.27 bits per heavy atom. The van der Waals surface area contributed by atoms with Crippen molar-refractivity contribution in [2.75, 3.05) is 18.4 Å². The Balaban J connectivity index is 1.91. The molecule has 0 bridgehead atoms. The number of amides is 2. The van der Waals surface area contributed by atoms with Gasteiger partial charge in [-0.25, -0.2) is 0 Å². The predicted molar refractivity (Wildman–Crippen MR) is 118 cm³/mol. The summed E-state index contributed by atoms with van der Waals surface area (Å²) in [4.78, 5) is 27.4. The van der Waals surface area contributed by atoms with Crippen molar-refractivity contribution in [2.24, 2.45) is 0 Å². The van der Waals surface area contributed by atoms with E-state index in [1.54, 1.807) is 53.4 Å².